The fourth-order valence-corrected chi connectivity index (χ4v) is 3.46. The van der Waals surface area contributed by atoms with Crippen LogP contribution < -0.4 is 10.6 Å². The zero-order valence-electron chi connectivity index (χ0n) is 12.4. The van der Waals surface area contributed by atoms with Crippen LogP contribution in [0.5, 0.6) is 0 Å². The molecule has 2 N–H and O–H groups in total. The Balaban J connectivity index is 1.49. The van der Waals surface area contributed by atoms with Crippen LogP contribution in [-0.2, 0) is 4.79 Å². The maximum absolute atomic E-state index is 11.7. The second-order valence-corrected chi connectivity index (χ2v) is 6.63. The van der Waals surface area contributed by atoms with Crippen LogP contribution >= 0.6 is 0 Å². The largest absolute Gasteiger partial charge is 0.355 e. The van der Waals surface area contributed by atoms with Crippen molar-refractivity contribution in [2.75, 3.05) is 13.1 Å². The molecule has 0 aromatic heterocycles. The molecule has 0 saturated heterocycles. The number of carbonyl (C=O) groups is 1. The van der Waals surface area contributed by atoms with E-state index < -0.39 is 0 Å². The summed E-state index contributed by atoms with van der Waals surface area (Å²) in [7, 11) is 0. The Hall–Kier alpha value is -0.570. The van der Waals surface area contributed by atoms with Crippen LogP contribution in [-0.4, -0.2) is 25.0 Å². The molecule has 0 atom stereocenters. The number of amides is 1. The van der Waals surface area contributed by atoms with E-state index >= 15 is 0 Å². The highest BCUT2D eigenvalue weighted by molar-refractivity contribution is 5.77. The number of nitrogens with one attached hydrogen (secondary N) is 2. The summed E-state index contributed by atoms with van der Waals surface area (Å²) in [4.78, 5) is 11.7. The summed E-state index contributed by atoms with van der Waals surface area (Å²) >= 11 is 0. The van der Waals surface area contributed by atoms with Crippen LogP contribution in [0.15, 0.2) is 0 Å². The Kier molecular flexibility index (Phi) is 6.15. The molecular formula is C16H30N2O. The van der Waals surface area contributed by atoms with Gasteiger partial charge in [0.05, 0.1) is 6.54 Å². The van der Waals surface area contributed by atoms with Gasteiger partial charge in [0.15, 0.2) is 0 Å². The van der Waals surface area contributed by atoms with Gasteiger partial charge in [0.25, 0.3) is 0 Å². The summed E-state index contributed by atoms with van der Waals surface area (Å²) in [5.41, 5.74) is 0. The third-order valence-corrected chi connectivity index (χ3v) is 4.92. The predicted octanol–water partition coefficient (Wildman–Crippen LogP) is 2.85. The highest BCUT2D eigenvalue weighted by Gasteiger charge is 2.18. The number of hydrogen-bond acceptors (Lipinski definition) is 2. The minimum absolute atomic E-state index is 0.177. The second kappa shape index (κ2) is 7.88. The first kappa shape index (κ1) is 14.8. The fraction of sp³-hybridized carbons (Fsp3) is 0.938. The van der Waals surface area contributed by atoms with Crippen molar-refractivity contribution < 1.29 is 4.79 Å². The standard InChI is InChI=1S/C16H30N2O/c1-13-6-8-14(9-7-13)10-11-17-16(19)12-18-15-4-2-3-5-15/h13-15,18H,2-12H2,1H3,(H,17,19). The summed E-state index contributed by atoms with van der Waals surface area (Å²) in [6.45, 7) is 3.73. The van der Waals surface area contributed by atoms with E-state index in [0.29, 0.717) is 12.6 Å². The first-order valence-corrected chi connectivity index (χ1v) is 8.24. The molecule has 2 rings (SSSR count). The van der Waals surface area contributed by atoms with Crippen LogP contribution in [0.2, 0.25) is 0 Å². The van der Waals surface area contributed by atoms with Crippen LogP contribution in [0, 0.1) is 11.8 Å². The average Bonchev–Trinajstić information content (AvgIpc) is 2.92. The van der Waals surface area contributed by atoms with Crippen molar-refractivity contribution in [3.05, 3.63) is 0 Å². The number of carbonyl (C=O) groups excluding carboxylic acids is 1. The van der Waals surface area contributed by atoms with Crippen LogP contribution in [0.3, 0.4) is 0 Å². The van der Waals surface area contributed by atoms with Crippen molar-refractivity contribution in [1.82, 2.24) is 10.6 Å². The number of rotatable bonds is 6. The van der Waals surface area contributed by atoms with E-state index in [1.807, 2.05) is 0 Å². The summed E-state index contributed by atoms with van der Waals surface area (Å²) in [6.07, 6.45) is 11.8. The van der Waals surface area contributed by atoms with Crippen molar-refractivity contribution in [3.63, 3.8) is 0 Å². The minimum Gasteiger partial charge on any atom is -0.355 e. The molecule has 0 aromatic carbocycles. The molecule has 0 heterocycles. The fourth-order valence-electron chi connectivity index (χ4n) is 3.46. The molecule has 0 aliphatic heterocycles. The van der Waals surface area contributed by atoms with Gasteiger partial charge in [-0.05, 0) is 31.1 Å². The van der Waals surface area contributed by atoms with Crippen molar-refractivity contribution in [2.45, 2.75) is 70.8 Å². The molecule has 0 spiro atoms. The molecule has 2 saturated carbocycles. The molecule has 2 fully saturated rings. The van der Waals surface area contributed by atoms with Gasteiger partial charge in [0.2, 0.25) is 5.91 Å². The van der Waals surface area contributed by atoms with Crippen molar-refractivity contribution in [1.29, 1.82) is 0 Å². The summed E-state index contributed by atoms with van der Waals surface area (Å²) in [5.74, 6) is 1.94. The highest BCUT2D eigenvalue weighted by Crippen LogP contribution is 2.29. The Morgan fingerprint density at radius 3 is 2.42 bits per heavy atom. The third-order valence-electron chi connectivity index (χ3n) is 4.92. The summed E-state index contributed by atoms with van der Waals surface area (Å²) < 4.78 is 0. The topological polar surface area (TPSA) is 41.1 Å². The Bertz CT molecular complexity index is 266. The van der Waals surface area contributed by atoms with Gasteiger partial charge >= 0.3 is 0 Å². The molecule has 110 valence electrons. The van der Waals surface area contributed by atoms with Gasteiger partial charge in [0.1, 0.15) is 0 Å². The summed E-state index contributed by atoms with van der Waals surface area (Å²) in [6, 6.07) is 0.589. The molecule has 0 bridgehead atoms. The van der Waals surface area contributed by atoms with E-state index in [0.717, 1.165) is 18.4 Å². The Labute approximate surface area is 117 Å². The van der Waals surface area contributed by atoms with Gasteiger partial charge in [-0.25, -0.2) is 0 Å². The smallest absolute Gasteiger partial charge is 0.233 e. The first-order chi connectivity index (χ1) is 9.24. The van der Waals surface area contributed by atoms with Crippen molar-refractivity contribution in [2.24, 2.45) is 11.8 Å². The minimum atomic E-state index is 0.177. The van der Waals surface area contributed by atoms with Crippen molar-refractivity contribution in [3.8, 4) is 0 Å². The SMILES string of the molecule is CC1CCC(CCNC(=O)CNC2CCCC2)CC1. The normalized spacial score (nSPS) is 28.5. The highest BCUT2D eigenvalue weighted by atomic mass is 16.1. The lowest BCUT2D eigenvalue weighted by Gasteiger charge is -2.26. The van der Waals surface area contributed by atoms with Gasteiger partial charge in [-0.1, -0.05) is 45.4 Å². The zero-order chi connectivity index (χ0) is 13.5. The molecule has 2 aliphatic rings. The van der Waals surface area contributed by atoms with Crippen molar-refractivity contribution >= 4 is 5.91 Å². The number of hydrogen-bond donors (Lipinski definition) is 2. The maximum atomic E-state index is 11.7. The van der Waals surface area contributed by atoms with Gasteiger partial charge in [0, 0.05) is 12.6 Å². The molecule has 2 aliphatic carbocycles. The zero-order valence-corrected chi connectivity index (χ0v) is 12.4. The quantitative estimate of drug-likeness (QED) is 0.776. The molecule has 3 heteroatoms. The second-order valence-electron chi connectivity index (χ2n) is 6.63. The predicted molar refractivity (Wildman–Crippen MR) is 79.0 cm³/mol. The summed E-state index contributed by atoms with van der Waals surface area (Å²) in [5, 5.41) is 6.43. The van der Waals surface area contributed by atoms with Gasteiger partial charge < -0.3 is 10.6 Å². The lowest BCUT2D eigenvalue weighted by atomic mass is 9.81. The van der Waals surface area contributed by atoms with E-state index in [2.05, 4.69) is 17.6 Å². The molecule has 0 radical (unpaired) electrons. The molecule has 0 unspecified atom stereocenters. The van der Waals surface area contributed by atoms with Gasteiger partial charge in [-0.3, -0.25) is 4.79 Å². The third kappa shape index (κ3) is 5.52. The van der Waals surface area contributed by atoms with Gasteiger partial charge in [-0.2, -0.15) is 0 Å². The lowest BCUT2D eigenvalue weighted by Crippen LogP contribution is -2.38. The first-order valence-electron chi connectivity index (χ1n) is 8.24. The van der Waals surface area contributed by atoms with E-state index in [1.165, 1.54) is 57.8 Å². The Morgan fingerprint density at radius 1 is 1.05 bits per heavy atom. The molecule has 1 amide bonds. The lowest BCUT2D eigenvalue weighted by molar-refractivity contribution is -0.120. The van der Waals surface area contributed by atoms with E-state index in [1.54, 1.807) is 0 Å². The van der Waals surface area contributed by atoms with Crippen LogP contribution in [0.4, 0.5) is 0 Å². The molecule has 0 aromatic rings. The maximum Gasteiger partial charge on any atom is 0.233 e. The molecule has 3 nitrogen and oxygen atoms in total. The monoisotopic (exact) mass is 266 g/mol. The average molecular weight is 266 g/mol. The van der Waals surface area contributed by atoms with Crippen LogP contribution in [0.25, 0.3) is 0 Å². The van der Waals surface area contributed by atoms with E-state index in [-0.39, 0.29) is 5.91 Å². The van der Waals surface area contributed by atoms with Gasteiger partial charge in [-0.15, -0.1) is 0 Å². The Morgan fingerprint density at radius 2 is 1.74 bits per heavy atom. The van der Waals surface area contributed by atoms with Crippen LogP contribution in [0.1, 0.15) is 64.7 Å². The van der Waals surface area contributed by atoms with E-state index in [9.17, 15) is 4.79 Å². The molecule has 19 heavy (non-hydrogen) atoms. The van der Waals surface area contributed by atoms with E-state index in [4.69, 9.17) is 0 Å². The molecular weight excluding hydrogens is 236 g/mol.